The van der Waals surface area contributed by atoms with Crippen LogP contribution in [0.1, 0.15) is 54.6 Å². The zero-order chi connectivity index (χ0) is 31.7. The molecule has 0 saturated carbocycles. The number of likely N-dealkylation sites (tertiary alicyclic amines) is 1. The molecule has 1 fully saturated rings. The summed E-state index contributed by atoms with van der Waals surface area (Å²) in [5, 5.41) is 10.9. The van der Waals surface area contributed by atoms with E-state index in [1.54, 1.807) is 0 Å². The molecule has 0 unspecified atom stereocenters. The third kappa shape index (κ3) is 5.95. The first-order chi connectivity index (χ1) is 20.3. The van der Waals surface area contributed by atoms with Crippen LogP contribution in [-0.4, -0.2) is 43.0 Å². The standard InChI is InChI=1S/C32H29Cl2F2N3O4/c1-31(2,3)15-27-32(17-37,23-13-10-20(33)14-26(23)35)24(22-6-5-7-25(34)28(22)36)16-38(27)30(42)39(18-40)21-11-8-19(9-12-21)29(41)43-4/h5-14,18,24,27H,15-16H2,1-4H3/t24-,27+,32-/m1/s1. The van der Waals surface area contributed by atoms with Crippen molar-refractivity contribution in [3.05, 3.63) is 99.0 Å². The summed E-state index contributed by atoms with van der Waals surface area (Å²) in [6.07, 6.45) is 0.495. The minimum atomic E-state index is -1.81. The van der Waals surface area contributed by atoms with Crippen molar-refractivity contribution in [2.24, 2.45) is 5.41 Å². The maximum atomic E-state index is 15.8. The highest BCUT2D eigenvalue weighted by molar-refractivity contribution is 6.31. The van der Waals surface area contributed by atoms with E-state index in [1.165, 1.54) is 66.6 Å². The lowest BCUT2D eigenvalue weighted by Crippen LogP contribution is -2.51. The number of nitriles is 1. The number of hydrogen-bond donors (Lipinski definition) is 0. The van der Waals surface area contributed by atoms with E-state index < -0.39 is 46.4 Å². The van der Waals surface area contributed by atoms with Gasteiger partial charge in [0, 0.05) is 23.0 Å². The topological polar surface area (TPSA) is 90.7 Å². The fraction of sp³-hybridized carbons (Fsp3) is 0.312. The molecule has 43 heavy (non-hydrogen) atoms. The molecule has 1 saturated heterocycles. The number of urea groups is 1. The van der Waals surface area contributed by atoms with Gasteiger partial charge in [0.25, 0.3) is 0 Å². The highest BCUT2D eigenvalue weighted by atomic mass is 35.5. The minimum Gasteiger partial charge on any atom is -0.465 e. The van der Waals surface area contributed by atoms with Crippen LogP contribution in [0.5, 0.6) is 0 Å². The van der Waals surface area contributed by atoms with E-state index in [2.05, 4.69) is 6.07 Å². The number of anilines is 1. The van der Waals surface area contributed by atoms with Gasteiger partial charge in [-0.05, 0) is 59.9 Å². The van der Waals surface area contributed by atoms with Crippen LogP contribution in [-0.2, 0) is 14.9 Å². The molecular formula is C32H29Cl2F2N3O4. The molecule has 4 rings (SSSR count). The third-order valence-electron chi connectivity index (χ3n) is 7.68. The molecule has 0 aliphatic carbocycles. The first kappa shape index (κ1) is 31.9. The van der Waals surface area contributed by atoms with Crippen molar-refractivity contribution in [1.29, 1.82) is 5.26 Å². The quantitative estimate of drug-likeness (QED) is 0.208. The number of esters is 1. The highest BCUT2D eigenvalue weighted by Gasteiger charge is 2.60. The second-order valence-corrected chi connectivity index (χ2v) is 12.4. The van der Waals surface area contributed by atoms with Crippen molar-refractivity contribution in [1.82, 2.24) is 4.90 Å². The number of amides is 3. The summed E-state index contributed by atoms with van der Waals surface area (Å²) < 4.78 is 36.2. The first-order valence-electron chi connectivity index (χ1n) is 13.3. The molecule has 3 aromatic carbocycles. The zero-order valence-electron chi connectivity index (χ0n) is 23.9. The molecule has 0 spiro atoms. The fourth-order valence-electron chi connectivity index (χ4n) is 5.78. The molecule has 3 aromatic rings. The molecule has 0 aromatic heterocycles. The molecule has 3 amide bonds. The summed E-state index contributed by atoms with van der Waals surface area (Å²) in [5.41, 5.74) is -2.02. The molecule has 1 heterocycles. The summed E-state index contributed by atoms with van der Waals surface area (Å²) in [5.74, 6) is -3.27. The van der Waals surface area contributed by atoms with Gasteiger partial charge >= 0.3 is 12.0 Å². The Kier molecular flexibility index (Phi) is 9.14. The van der Waals surface area contributed by atoms with Gasteiger partial charge in [-0.3, -0.25) is 4.79 Å². The monoisotopic (exact) mass is 627 g/mol. The van der Waals surface area contributed by atoms with E-state index in [0.717, 1.165) is 11.0 Å². The number of halogens is 4. The van der Waals surface area contributed by atoms with Gasteiger partial charge in [0.2, 0.25) is 6.41 Å². The number of carbonyl (C=O) groups is 3. The number of imide groups is 1. The van der Waals surface area contributed by atoms with Gasteiger partial charge in [0.1, 0.15) is 17.0 Å². The number of methoxy groups -OCH3 is 1. The largest absolute Gasteiger partial charge is 0.465 e. The predicted octanol–water partition coefficient (Wildman–Crippen LogP) is 7.51. The van der Waals surface area contributed by atoms with Crippen LogP contribution in [0.15, 0.2) is 60.7 Å². The van der Waals surface area contributed by atoms with E-state index in [-0.39, 0.29) is 45.4 Å². The molecule has 0 radical (unpaired) electrons. The zero-order valence-corrected chi connectivity index (χ0v) is 25.4. The van der Waals surface area contributed by atoms with Gasteiger partial charge in [0.15, 0.2) is 0 Å². The number of nitrogens with zero attached hydrogens (tertiary/aromatic N) is 3. The maximum Gasteiger partial charge on any atom is 0.337 e. The van der Waals surface area contributed by atoms with Gasteiger partial charge in [-0.2, -0.15) is 5.26 Å². The average molecular weight is 629 g/mol. The lowest BCUT2D eigenvalue weighted by molar-refractivity contribution is -0.107. The van der Waals surface area contributed by atoms with Crippen LogP contribution in [0.25, 0.3) is 0 Å². The molecule has 3 atom stereocenters. The minimum absolute atomic E-state index is 0.0256. The van der Waals surface area contributed by atoms with E-state index in [0.29, 0.717) is 6.41 Å². The van der Waals surface area contributed by atoms with Gasteiger partial charge in [-0.25, -0.2) is 23.3 Å². The van der Waals surface area contributed by atoms with Crippen LogP contribution in [0, 0.1) is 28.4 Å². The Morgan fingerprint density at radius 2 is 1.81 bits per heavy atom. The third-order valence-corrected chi connectivity index (χ3v) is 8.21. The second kappa shape index (κ2) is 12.3. The van der Waals surface area contributed by atoms with Gasteiger partial charge in [-0.1, -0.05) is 62.2 Å². The smallest absolute Gasteiger partial charge is 0.337 e. The van der Waals surface area contributed by atoms with Crippen LogP contribution < -0.4 is 4.90 Å². The maximum absolute atomic E-state index is 15.8. The Morgan fingerprint density at radius 1 is 1.14 bits per heavy atom. The van der Waals surface area contributed by atoms with Crippen molar-refractivity contribution >= 4 is 47.3 Å². The van der Waals surface area contributed by atoms with Gasteiger partial charge < -0.3 is 9.64 Å². The summed E-state index contributed by atoms with van der Waals surface area (Å²) in [6.45, 7) is 5.45. The average Bonchev–Trinajstić information content (AvgIpc) is 3.27. The van der Waals surface area contributed by atoms with Crippen molar-refractivity contribution < 1.29 is 27.9 Å². The van der Waals surface area contributed by atoms with Gasteiger partial charge in [-0.15, -0.1) is 0 Å². The number of hydrogen-bond acceptors (Lipinski definition) is 5. The van der Waals surface area contributed by atoms with Crippen molar-refractivity contribution in [3.63, 3.8) is 0 Å². The van der Waals surface area contributed by atoms with E-state index >= 15 is 8.78 Å². The summed E-state index contributed by atoms with van der Waals surface area (Å²) in [7, 11) is 1.23. The van der Waals surface area contributed by atoms with E-state index in [9.17, 15) is 19.6 Å². The molecular weight excluding hydrogens is 599 g/mol. The highest BCUT2D eigenvalue weighted by Crippen LogP contribution is 2.54. The predicted molar refractivity (Wildman–Crippen MR) is 159 cm³/mol. The number of benzene rings is 3. The lowest BCUT2D eigenvalue weighted by Gasteiger charge is -2.40. The van der Waals surface area contributed by atoms with E-state index in [1.807, 2.05) is 20.8 Å². The molecule has 0 bridgehead atoms. The van der Waals surface area contributed by atoms with E-state index in [4.69, 9.17) is 27.9 Å². The Morgan fingerprint density at radius 3 is 2.37 bits per heavy atom. The Balaban J connectivity index is 1.95. The number of carbonyl (C=O) groups excluding carboxylic acids is 3. The summed E-state index contributed by atoms with van der Waals surface area (Å²) in [4.78, 5) is 40.7. The fourth-order valence-corrected chi connectivity index (χ4v) is 6.12. The molecule has 1 aliphatic heterocycles. The molecule has 0 N–H and O–H groups in total. The summed E-state index contributed by atoms with van der Waals surface area (Å²) >= 11 is 12.2. The molecule has 1 aliphatic rings. The van der Waals surface area contributed by atoms with Crippen LogP contribution in [0.2, 0.25) is 10.0 Å². The van der Waals surface area contributed by atoms with Crippen molar-refractivity contribution in [2.75, 3.05) is 18.6 Å². The SMILES string of the molecule is COC(=O)c1ccc(N(C=O)C(=O)N2C[C@H](c3cccc(Cl)c3F)[C@@](C#N)(c3ccc(Cl)cc3F)[C@@H]2CC(C)(C)C)cc1. The van der Waals surface area contributed by atoms with Crippen molar-refractivity contribution in [3.8, 4) is 6.07 Å². The lowest BCUT2D eigenvalue weighted by atomic mass is 9.64. The van der Waals surface area contributed by atoms with Gasteiger partial charge in [0.05, 0.1) is 35.5 Å². The first-order valence-corrected chi connectivity index (χ1v) is 14.1. The van der Waals surface area contributed by atoms with Crippen molar-refractivity contribution in [2.45, 2.75) is 44.6 Å². The normalized spacial score (nSPS) is 19.9. The molecule has 7 nitrogen and oxygen atoms in total. The molecule has 11 heteroatoms. The molecule has 224 valence electrons. The Labute approximate surface area is 258 Å². The Bertz CT molecular complexity index is 1600. The number of ether oxygens (including phenoxy) is 1. The van der Waals surface area contributed by atoms with Crippen LogP contribution in [0.3, 0.4) is 0 Å². The van der Waals surface area contributed by atoms with Crippen LogP contribution >= 0.6 is 23.2 Å². The second-order valence-electron chi connectivity index (χ2n) is 11.5. The van der Waals surface area contributed by atoms with Crippen LogP contribution in [0.4, 0.5) is 19.3 Å². The Hall–Kier alpha value is -4.00. The summed E-state index contributed by atoms with van der Waals surface area (Å²) in [6, 6.07) is 14.3. The number of rotatable bonds is 6.